The van der Waals surface area contributed by atoms with Crippen LogP contribution in [-0.2, 0) is 12.8 Å². The Balaban J connectivity index is 1.90. The van der Waals surface area contributed by atoms with E-state index in [1.54, 1.807) is 6.07 Å². The largest absolute Gasteiger partial charge is 0.352 e. The smallest absolute Gasteiger partial charge is 0.254 e. The number of nitrogens with zero attached hydrogens (tertiary/aromatic N) is 2. The molecule has 1 N–H and O–H groups in total. The van der Waals surface area contributed by atoms with Crippen LogP contribution < -0.4 is 5.32 Å². The summed E-state index contributed by atoms with van der Waals surface area (Å²) in [6.07, 6.45) is 4.43. The third-order valence-electron chi connectivity index (χ3n) is 3.00. The Morgan fingerprint density at radius 2 is 1.95 bits per heavy atom. The van der Waals surface area contributed by atoms with Crippen molar-refractivity contribution < 1.29 is 4.79 Å². The molecule has 0 spiro atoms. The van der Waals surface area contributed by atoms with Crippen LogP contribution in [0.1, 0.15) is 28.7 Å². The van der Waals surface area contributed by atoms with Crippen LogP contribution in [0.3, 0.4) is 0 Å². The molecule has 1 heterocycles. The number of carbonyl (C=O) groups is 1. The fraction of sp³-hybridized carbons (Fsp3) is 0.267. The molecule has 0 atom stereocenters. The third kappa shape index (κ3) is 4.16. The topological polar surface area (TPSA) is 54.9 Å². The maximum atomic E-state index is 11.9. The number of aromatic nitrogens is 2. The molecular formula is C15H15Cl2N3O. The van der Waals surface area contributed by atoms with E-state index >= 15 is 0 Å². The summed E-state index contributed by atoms with van der Waals surface area (Å²) in [6, 6.07) is 5.46. The first kappa shape index (κ1) is 15.7. The summed E-state index contributed by atoms with van der Waals surface area (Å²) in [5, 5.41) is 3.86. The van der Waals surface area contributed by atoms with E-state index in [4.69, 9.17) is 23.2 Å². The number of halogens is 2. The van der Waals surface area contributed by atoms with Crippen LogP contribution in [0, 0.1) is 0 Å². The van der Waals surface area contributed by atoms with E-state index < -0.39 is 0 Å². The average Bonchev–Trinajstić information content (AvgIpc) is 2.51. The molecule has 2 aromatic rings. The van der Waals surface area contributed by atoms with Crippen molar-refractivity contribution in [3.05, 3.63) is 57.6 Å². The van der Waals surface area contributed by atoms with Gasteiger partial charge in [0.15, 0.2) is 0 Å². The molecule has 0 aliphatic carbocycles. The van der Waals surface area contributed by atoms with E-state index in [0.29, 0.717) is 28.6 Å². The molecule has 1 aromatic carbocycles. The van der Waals surface area contributed by atoms with Crippen molar-refractivity contribution in [3.63, 3.8) is 0 Å². The first-order chi connectivity index (χ1) is 10.1. The lowest BCUT2D eigenvalue weighted by Crippen LogP contribution is -2.26. The number of rotatable bonds is 5. The second-order valence-electron chi connectivity index (χ2n) is 4.46. The summed E-state index contributed by atoms with van der Waals surface area (Å²) in [7, 11) is 0. The van der Waals surface area contributed by atoms with Gasteiger partial charge in [-0.2, -0.15) is 0 Å². The number of aryl methyl sites for hydroxylation is 1. The molecule has 0 unspecified atom stereocenters. The van der Waals surface area contributed by atoms with Crippen LogP contribution >= 0.6 is 23.2 Å². The maximum Gasteiger partial charge on any atom is 0.254 e. The molecular weight excluding hydrogens is 309 g/mol. The minimum atomic E-state index is -0.198. The molecule has 21 heavy (non-hydrogen) atoms. The zero-order chi connectivity index (χ0) is 15.2. The van der Waals surface area contributed by atoms with Crippen LogP contribution in [0.4, 0.5) is 0 Å². The summed E-state index contributed by atoms with van der Waals surface area (Å²) in [6.45, 7) is 2.43. The van der Waals surface area contributed by atoms with Crippen molar-refractivity contribution in [2.45, 2.75) is 19.8 Å². The second-order valence-corrected chi connectivity index (χ2v) is 5.25. The summed E-state index contributed by atoms with van der Waals surface area (Å²) in [5.74, 6) is 0.521. The van der Waals surface area contributed by atoms with Gasteiger partial charge in [0.2, 0.25) is 0 Å². The van der Waals surface area contributed by atoms with Gasteiger partial charge >= 0.3 is 0 Å². The minimum Gasteiger partial charge on any atom is -0.352 e. The molecule has 0 radical (unpaired) electrons. The highest BCUT2D eigenvalue weighted by Gasteiger charge is 2.08. The fourth-order valence-electron chi connectivity index (χ4n) is 1.81. The van der Waals surface area contributed by atoms with E-state index in [0.717, 1.165) is 17.8 Å². The number of benzene rings is 1. The Morgan fingerprint density at radius 3 is 2.62 bits per heavy atom. The number of nitrogens with one attached hydrogen (secondary N) is 1. The van der Waals surface area contributed by atoms with Gasteiger partial charge in [0.05, 0.1) is 15.6 Å². The second kappa shape index (κ2) is 7.38. The van der Waals surface area contributed by atoms with Gasteiger partial charge in [-0.3, -0.25) is 4.79 Å². The summed E-state index contributed by atoms with van der Waals surface area (Å²) < 4.78 is 0. The first-order valence-electron chi connectivity index (χ1n) is 6.63. The van der Waals surface area contributed by atoms with Crippen molar-refractivity contribution >= 4 is 29.1 Å². The zero-order valence-electron chi connectivity index (χ0n) is 11.6. The van der Waals surface area contributed by atoms with Gasteiger partial charge < -0.3 is 5.32 Å². The average molecular weight is 324 g/mol. The van der Waals surface area contributed by atoms with Gasteiger partial charge in [-0.15, -0.1) is 0 Å². The molecule has 0 saturated carbocycles. The van der Waals surface area contributed by atoms with Crippen LogP contribution in [0.2, 0.25) is 10.0 Å². The highest BCUT2D eigenvalue weighted by molar-refractivity contribution is 6.42. The minimum absolute atomic E-state index is 0.198. The van der Waals surface area contributed by atoms with E-state index in [1.807, 2.05) is 19.1 Å². The molecule has 2 rings (SSSR count). The fourth-order valence-corrected chi connectivity index (χ4v) is 2.22. The number of carbonyl (C=O) groups excluding carboxylic acids is 1. The lowest BCUT2D eigenvalue weighted by Gasteiger charge is -2.07. The van der Waals surface area contributed by atoms with Crippen molar-refractivity contribution in [2.75, 3.05) is 6.54 Å². The molecule has 1 amide bonds. The molecule has 0 aliphatic heterocycles. The van der Waals surface area contributed by atoms with E-state index in [1.165, 1.54) is 12.4 Å². The molecule has 4 nitrogen and oxygen atoms in total. The van der Waals surface area contributed by atoms with Gasteiger partial charge in [-0.1, -0.05) is 42.3 Å². The van der Waals surface area contributed by atoms with Gasteiger partial charge in [-0.05, 0) is 18.1 Å². The SMILES string of the molecule is CCc1ncc(C(=O)NCCc2cccc(Cl)c2Cl)cn1. The predicted molar refractivity (Wildman–Crippen MR) is 83.9 cm³/mol. The number of hydrogen-bond acceptors (Lipinski definition) is 3. The monoisotopic (exact) mass is 323 g/mol. The maximum absolute atomic E-state index is 11.9. The predicted octanol–water partition coefficient (Wildman–Crippen LogP) is 3.32. The normalized spacial score (nSPS) is 10.4. The summed E-state index contributed by atoms with van der Waals surface area (Å²) in [5.41, 5.74) is 1.35. The Labute approximate surface area is 133 Å². The van der Waals surface area contributed by atoms with Crippen LogP contribution in [0.15, 0.2) is 30.6 Å². The van der Waals surface area contributed by atoms with Gasteiger partial charge in [0, 0.05) is 25.4 Å². The van der Waals surface area contributed by atoms with Crippen LogP contribution in [-0.4, -0.2) is 22.4 Å². The van der Waals surface area contributed by atoms with E-state index in [2.05, 4.69) is 15.3 Å². The number of hydrogen-bond donors (Lipinski definition) is 1. The standard InChI is InChI=1S/C15H15Cl2N3O/c1-2-13-19-8-11(9-20-13)15(21)18-7-6-10-4-3-5-12(16)14(10)17/h3-5,8-9H,2,6-7H2,1H3,(H,18,21). The van der Waals surface area contributed by atoms with Crippen LogP contribution in [0.5, 0.6) is 0 Å². The Hall–Kier alpha value is -1.65. The Bertz CT molecular complexity index is 629. The highest BCUT2D eigenvalue weighted by atomic mass is 35.5. The highest BCUT2D eigenvalue weighted by Crippen LogP contribution is 2.25. The Morgan fingerprint density at radius 1 is 1.24 bits per heavy atom. The molecule has 0 bridgehead atoms. The molecule has 110 valence electrons. The zero-order valence-corrected chi connectivity index (χ0v) is 13.1. The van der Waals surface area contributed by atoms with E-state index in [9.17, 15) is 4.79 Å². The van der Waals surface area contributed by atoms with Crippen molar-refractivity contribution in [1.29, 1.82) is 0 Å². The molecule has 0 aliphatic rings. The molecule has 6 heteroatoms. The van der Waals surface area contributed by atoms with Crippen molar-refractivity contribution in [3.8, 4) is 0 Å². The van der Waals surface area contributed by atoms with Crippen molar-refractivity contribution in [2.24, 2.45) is 0 Å². The van der Waals surface area contributed by atoms with Crippen molar-refractivity contribution in [1.82, 2.24) is 15.3 Å². The lowest BCUT2D eigenvalue weighted by molar-refractivity contribution is 0.0953. The molecule has 0 fully saturated rings. The van der Waals surface area contributed by atoms with Gasteiger partial charge in [0.25, 0.3) is 5.91 Å². The van der Waals surface area contributed by atoms with Gasteiger partial charge in [-0.25, -0.2) is 9.97 Å². The van der Waals surface area contributed by atoms with E-state index in [-0.39, 0.29) is 5.91 Å². The first-order valence-corrected chi connectivity index (χ1v) is 7.39. The molecule has 0 saturated heterocycles. The molecule has 1 aromatic heterocycles. The Kier molecular flexibility index (Phi) is 5.53. The van der Waals surface area contributed by atoms with Crippen LogP contribution in [0.25, 0.3) is 0 Å². The quantitative estimate of drug-likeness (QED) is 0.918. The van der Waals surface area contributed by atoms with Gasteiger partial charge in [0.1, 0.15) is 5.82 Å². The lowest BCUT2D eigenvalue weighted by atomic mass is 10.1. The third-order valence-corrected chi connectivity index (χ3v) is 3.85. The summed E-state index contributed by atoms with van der Waals surface area (Å²) in [4.78, 5) is 20.1. The summed E-state index contributed by atoms with van der Waals surface area (Å²) >= 11 is 12.0. The number of amides is 1.